The number of anilines is 1. The van der Waals surface area contributed by atoms with Crippen LogP contribution in [-0.2, 0) is 11.3 Å². The molecule has 2 aromatic rings. The summed E-state index contributed by atoms with van der Waals surface area (Å²) in [6.07, 6.45) is 2.52. The van der Waals surface area contributed by atoms with Crippen LogP contribution in [0.4, 0.5) is 5.69 Å². The molecule has 0 spiro atoms. The van der Waals surface area contributed by atoms with Crippen molar-refractivity contribution in [1.82, 2.24) is 10.6 Å². The maximum atomic E-state index is 12.2. The monoisotopic (exact) mass is 329 g/mol. The van der Waals surface area contributed by atoms with E-state index in [1.54, 1.807) is 42.7 Å². The highest BCUT2D eigenvalue weighted by Crippen LogP contribution is 2.11. The first kappa shape index (κ1) is 17.7. The normalized spacial score (nSPS) is 11.8. The molecule has 2 amide bonds. The van der Waals surface area contributed by atoms with Crippen LogP contribution in [0.25, 0.3) is 0 Å². The van der Waals surface area contributed by atoms with E-state index in [4.69, 9.17) is 4.42 Å². The first-order valence-corrected chi connectivity index (χ1v) is 8.02. The van der Waals surface area contributed by atoms with E-state index in [0.717, 1.165) is 6.42 Å². The summed E-state index contributed by atoms with van der Waals surface area (Å²) in [4.78, 5) is 24.1. The maximum Gasteiger partial charge on any atom is 0.251 e. The summed E-state index contributed by atoms with van der Waals surface area (Å²) in [5.41, 5.74) is 1.07. The molecule has 128 valence electrons. The highest BCUT2D eigenvalue weighted by molar-refractivity contribution is 5.97. The van der Waals surface area contributed by atoms with Gasteiger partial charge in [0.1, 0.15) is 5.76 Å². The zero-order chi connectivity index (χ0) is 17.4. The molecule has 6 nitrogen and oxygen atoms in total. The molecule has 0 saturated carbocycles. The summed E-state index contributed by atoms with van der Waals surface area (Å²) < 4.78 is 5.17. The van der Waals surface area contributed by atoms with Gasteiger partial charge in [-0.1, -0.05) is 13.0 Å². The Kier molecular flexibility index (Phi) is 6.57. The lowest BCUT2D eigenvalue weighted by Crippen LogP contribution is -2.34. The number of hydrogen-bond acceptors (Lipinski definition) is 4. The van der Waals surface area contributed by atoms with Crippen molar-refractivity contribution in [2.24, 2.45) is 0 Å². The van der Waals surface area contributed by atoms with Gasteiger partial charge in [0.15, 0.2) is 0 Å². The molecule has 1 heterocycles. The predicted molar refractivity (Wildman–Crippen MR) is 92.7 cm³/mol. The molecule has 0 saturated heterocycles. The molecule has 1 aromatic heterocycles. The average Bonchev–Trinajstić information content (AvgIpc) is 3.11. The summed E-state index contributed by atoms with van der Waals surface area (Å²) in [6, 6.07) is 10.7. The van der Waals surface area contributed by atoms with E-state index in [-0.39, 0.29) is 24.4 Å². The van der Waals surface area contributed by atoms with Crippen LogP contribution in [0.1, 0.15) is 36.4 Å². The van der Waals surface area contributed by atoms with Crippen molar-refractivity contribution >= 4 is 17.5 Å². The fourth-order valence-electron chi connectivity index (χ4n) is 2.04. The molecule has 24 heavy (non-hydrogen) atoms. The van der Waals surface area contributed by atoms with Gasteiger partial charge < -0.3 is 20.4 Å². The third kappa shape index (κ3) is 5.55. The van der Waals surface area contributed by atoms with Crippen LogP contribution in [0.5, 0.6) is 0 Å². The first-order chi connectivity index (χ1) is 11.6. The highest BCUT2D eigenvalue weighted by atomic mass is 16.3. The standard InChI is InChI=1S/C18H23N3O3/c1-3-13(2)19-12-17(22)21-15-7-4-6-14(10-15)18(23)20-11-16-8-5-9-24-16/h4-10,13,19H,3,11-12H2,1-2H3,(H,20,23)(H,21,22). The summed E-state index contributed by atoms with van der Waals surface area (Å²) in [5, 5.41) is 8.68. The van der Waals surface area contributed by atoms with Crippen molar-refractivity contribution in [3.05, 3.63) is 54.0 Å². The number of rotatable bonds is 8. The van der Waals surface area contributed by atoms with Crippen molar-refractivity contribution in [2.75, 3.05) is 11.9 Å². The topological polar surface area (TPSA) is 83.4 Å². The summed E-state index contributed by atoms with van der Waals surface area (Å²) in [6.45, 7) is 4.64. The van der Waals surface area contributed by atoms with Crippen LogP contribution in [-0.4, -0.2) is 24.4 Å². The second kappa shape index (κ2) is 8.88. The van der Waals surface area contributed by atoms with Crippen LogP contribution in [0.2, 0.25) is 0 Å². The number of nitrogens with one attached hydrogen (secondary N) is 3. The molecule has 0 aliphatic rings. The Morgan fingerprint density at radius 1 is 1.21 bits per heavy atom. The quantitative estimate of drug-likeness (QED) is 0.695. The smallest absolute Gasteiger partial charge is 0.251 e. The van der Waals surface area contributed by atoms with Crippen LogP contribution >= 0.6 is 0 Å². The molecule has 1 atom stereocenters. The summed E-state index contributed by atoms with van der Waals surface area (Å²) in [5.74, 6) is 0.326. The molecule has 0 aliphatic carbocycles. The highest BCUT2D eigenvalue weighted by Gasteiger charge is 2.09. The number of carbonyl (C=O) groups is 2. The van der Waals surface area contributed by atoms with Gasteiger partial charge >= 0.3 is 0 Å². The number of hydrogen-bond donors (Lipinski definition) is 3. The van der Waals surface area contributed by atoms with E-state index in [2.05, 4.69) is 22.9 Å². The van der Waals surface area contributed by atoms with Gasteiger partial charge in [0.25, 0.3) is 5.91 Å². The minimum atomic E-state index is -0.222. The number of benzene rings is 1. The Bertz CT molecular complexity index is 668. The van der Waals surface area contributed by atoms with Gasteiger partial charge in [-0.3, -0.25) is 9.59 Å². The van der Waals surface area contributed by atoms with E-state index in [0.29, 0.717) is 23.6 Å². The van der Waals surface area contributed by atoms with Crippen LogP contribution in [0, 0.1) is 0 Å². The lowest BCUT2D eigenvalue weighted by atomic mass is 10.2. The Morgan fingerprint density at radius 3 is 2.75 bits per heavy atom. The minimum absolute atomic E-state index is 0.136. The Hall–Kier alpha value is -2.60. The lowest BCUT2D eigenvalue weighted by Gasteiger charge is -2.12. The van der Waals surface area contributed by atoms with Gasteiger partial charge in [-0.05, 0) is 43.7 Å². The van der Waals surface area contributed by atoms with E-state index >= 15 is 0 Å². The van der Waals surface area contributed by atoms with E-state index in [9.17, 15) is 9.59 Å². The Morgan fingerprint density at radius 2 is 2.04 bits per heavy atom. The van der Waals surface area contributed by atoms with E-state index < -0.39 is 0 Å². The Labute approximate surface area is 141 Å². The third-order valence-corrected chi connectivity index (χ3v) is 3.64. The van der Waals surface area contributed by atoms with E-state index in [1.165, 1.54) is 0 Å². The molecule has 0 fully saturated rings. The number of amides is 2. The molecule has 0 radical (unpaired) electrons. The van der Waals surface area contributed by atoms with Gasteiger partial charge in [0.2, 0.25) is 5.91 Å². The van der Waals surface area contributed by atoms with Crippen molar-refractivity contribution in [3.8, 4) is 0 Å². The van der Waals surface area contributed by atoms with Crippen molar-refractivity contribution in [3.63, 3.8) is 0 Å². The van der Waals surface area contributed by atoms with Crippen molar-refractivity contribution < 1.29 is 14.0 Å². The van der Waals surface area contributed by atoms with Gasteiger partial charge in [0.05, 0.1) is 19.4 Å². The predicted octanol–water partition coefficient (Wildman–Crippen LogP) is 2.54. The molecule has 0 aliphatic heterocycles. The molecule has 1 aromatic carbocycles. The largest absolute Gasteiger partial charge is 0.467 e. The number of furan rings is 1. The molecule has 2 rings (SSSR count). The van der Waals surface area contributed by atoms with Crippen molar-refractivity contribution in [1.29, 1.82) is 0 Å². The molecule has 0 bridgehead atoms. The number of carbonyl (C=O) groups excluding carboxylic acids is 2. The fraction of sp³-hybridized carbons (Fsp3) is 0.333. The molecule has 1 unspecified atom stereocenters. The second-order valence-corrected chi connectivity index (χ2v) is 5.58. The summed E-state index contributed by atoms with van der Waals surface area (Å²) >= 11 is 0. The van der Waals surface area contributed by atoms with Gasteiger partial charge in [0, 0.05) is 17.3 Å². The van der Waals surface area contributed by atoms with Gasteiger partial charge in [-0.25, -0.2) is 0 Å². The zero-order valence-electron chi connectivity index (χ0n) is 14.0. The molecule has 3 N–H and O–H groups in total. The SMILES string of the molecule is CCC(C)NCC(=O)Nc1cccc(C(=O)NCc2ccco2)c1. The molecular formula is C18H23N3O3. The average molecular weight is 329 g/mol. The second-order valence-electron chi connectivity index (χ2n) is 5.58. The first-order valence-electron chi connectivity index (χ1n) is 8.02. The third-order valence-electron chi connectivity index (χ3n) is 3.64. The zero-order valence-corrected chi connectivity index (χ0v) is 14.0. The molecule has 6 heteroatoms. The van der Waals surface area contributed by atoms with Crippen LogP contribution < -0.4 is 16.0 Å². The van der Waals surface area contributed by atoms with E-state index in [1.807, 2.05) is 6.92 Å². The lowest BCUT2D eigenvalue weighted by molar-refractivity contribution is -0.115. The van der Waals surface area contributed by atoms with Gasteiger partial charge in [-0.15, -0.1) is 0 Å². The minimum Gasteiger partial charge on any atom is -0.467 e. The Balaban J connectivity index is 1.88. The van der Waals surface area contributed by atoms with Crippen molar-refractivity contribution in [2.45, 2.75) is 32.9 Å². The van der Waals surface area contributed by atoms with Crippen LogP contribution in [0.3, 0.4) is 0 Å². The maximum absolute atomic E-state index is 12.2. The van der Waals surface area contributed by atoms with Gasteiger partial charge in [-0.2, -0.15) is 0 Å². The summed E-state index contributed by atoms with van der Waals surface area (Å²) in [7, 11) is 0. The molecular weight excluding hydrogens is 306 g/mol. The van der Waals surface area contributed by atoms with Crippen LogP contribution in [0.15, 0.2) is 47.1 Å². The fourth-order valence-corrected chi connectivity index (χ4v) is 2.04.